The molecule has 0 saturated carbocycles. The number of hydrogen-bond acceptors (Lipinski definition) is 3. The molecule has 0 aromatic carbocycles. The first kappa shape index (κ1) is 11.5. The summed E-state index contributed by atoms with van der Waals surface area (Å²) < 4.78 is 4.92. The minimum atomic E-state index is -0.841. The zero-order valence-electron chi connectivity index (χ0n) is 9.50. The number of amides is 2. The molecule has 1 saturated heterocycles. The fraction of sp³-hybridized carbons (Fsp3) is 0.455. The number of urea groups is 1. The Morgan fingerprint density at radius 2 is 2.29 bits per heavy atom. The predicted molar refractivity (Wildman–Crippen MR) is 58.3 cm³/mol. The van der Waals surface area contributed by atoms with E-state index in [1.165, 1.54) is 4.90 Å². The minimum absolute atomic E-state index is 0.149. The third-order valence-electron chi connectivity index (χ3n) is 2.83. The number of carboxylic acid groups (broad SMARTS) is 1. The van der Waals surface area contributed by atoms with Crippen molar-refractivity contribution in [2.45, 2.75) is 6.54 Å². The third-order valence-corrected chi connectivity index (χ3v) is 2.83. The van der Waals surface area contributed by atoms with Crippen LogP contribution in [0.5, 0.6) is 0 Å². The lowest BCUT2D eigenvalue weighted by atomic mass is 10.0. The molecule has 1 aromatic rings. The molecule has 2 amide bonds. The highest BCUT2D eigenvalue weighted by Crippen LogP contribution is 2.18. The van der Waals surface area contributed by atoms with Crippen LogP contribution in [0, 0.1) is 5.92 Å². The van der Waals surface area contributed by atoms with Crippen molar-refractivity contribution in [2.75, 3.05) is 20.1 Å². The number of nitrogens with zero attached hydrogens (tertiary/aromatic N) is 2. The number of rotatable bonds is 3. The molecule has 0 atom stereocenters. The molecule has 2 heterocycles. The van der Waals surface area contributed by atoms with Gasteiger partial charge in [-0.1, -0.05) is 0 Å². The number of furan rings is 1. The summed E-state index contributed by atoms with van der Waals surface area (Å²) in [5.74, 6) is -1.26. The first-order valence-corrected chi connectivity index (χ1v) is 5.32. The molecule has 1 aliphatic rings. The van der Waals surface area contributed by atoms with E-state index in [1.807, 2.05) is 0 Å². The van der Waals surface area contributed by atoms with Crippen molar-refractivity contribution in [1.29, 1.82) is 0 Å². The highest BCUT2D eigenvalue weighted by Gasteiger charge is 2.36. The summed E-state index contributed by atoms with van der Waals surface area (Å²) in [7, 11) is 1.68. The maximum absolute atomic E-state index is 11.8. The molecule has 1 N–H and O–H groups in total. The molecular formula is C11H14N2O4. The molecule has 1 fully saturated rings. The Kier molecular flexibility index (Phi) is 3.03. The lowest BCUT2D eigenvalue weighted by molar-refractivity contribution is -0.146. The number of hydrogen-bond donors (Lipinski definition) is 1. The Morgan fingerprint density at radius 1 is 1.59 bits per heavy atom. The van der Waals surface area contributed by atoms with E-state index in [1.54, 1.807) is 30.5 Å². The van der Waals surface area contributed by atoms with Crippen LogP contribution in [-0.4, -0.2) is 47.0 Å². The highest BCUT2D eigenvalue weighted by molar-refractivity contribution is 5.79. The van der Waals surface area contributed by atoms with Gasteiger partial charge in [0.1, 0.15) is 0 Å². The van der Waals surface area contributed by atoms with Crippen LogP contribution in [0.4, 0.5) is 4.79 Å². The summed E-state index contributed by atoms with van der Waals surface area (Å²) in [6, 6.07) is 1.64. The van der Waals surface area contributed by atoms with E-state index in [2.05, 4.69) is 0 Å². The van der Waals surface area contributed by atoms with Gasteiger partial charge < -0.3 is 19.3 Å². The minimum Gasteiger partial charge on any atom is -0.481 e. The van der Waals surface area contributed by atoms with Gasteiger partial charge in [0.2, 0.25) is 0 Å². The number of carbonyl (C=O) groups is 2. The lowest BCUT2D eigenvalue weighted by Crippen LogP contribution is -2.56. The van der Waals surface area contributed by atoms with Gasteiger partial charge in [0.05, 0.1) is 25.0 Å². The van der Waals surface area contributed by atoms with Crippen molar-refractivity contribution in [3.05, 3.63) is 24.2 Å². The summed E-state index contributed by atoms with van der Waals surface area (Å²) >= 11 is 0. The molecule has 92 valence electrons. The molecule has 1 aromatic heterocycles. The maximum Gasteiger partial charge on any atom is 0.320 e. The molecule has 6 nitrogen and oxygen atoms in total. The maximum atomic E-state index is 11.8. The number of carboxylic acids is 1. The second-order valence-corrected chi connectivity index (χ2v) is 4.21. The molecule has 0 bridgehead atoms. The summed E-state index contributed by atoms with van der Waals surface area (Å²) in [6.07, 6.45) is 3.14. The van der Waals surface area contributed by atoms with Gasteiger partial charge in [-0.2, -0.15) is 0 Å². The monoisotopic (exact) mass is 238 g/mol. The first-order chi connectivity index (χ1) is 8.08. The van der Waals surface area contributed by atoms with Gasteiger partial charge in [-0.15, -0.1) is 0 Å². The molecule has 2 rings (SSSR count). The number of likely N-dealkylation sites (tertiary alicyclic amines) is 1. The van der Waals surface area contributed by atoms with Crippen LogP contribution in [-0.2, 0) is 11.3 Å². The van der Waals surface area contributed by atoms with E-state index in [-0.39, 0.29) is 6.03 Å². The zero-order chi connectivity index (χ0) is 12.4. The van der Waals surface area contributed by atoms with Crippen LogP contribution in [0.3, 0.4) is 0 Å². The lowest BCUT2D eigenvalue weighted by Gasteiger charge is -2.38. The first-order valence-electron chi connectivity index (χ1n) is 5.32. The van der Waals surface area contributed by atoms with Crippen molar-refractivity contribution < 1.29 is 19.1 Å². The quantitative estimate of drug-likeness (QED) is 0.847. The zero-order valence-corrected chi connectivity index (χ0v) is 9.50. The molecule has 0 spiro atoms. The van der Waals surface area contributed by atoms with Crippen molar-refractivity contribution >= 4 is 12.0 Å². The van der Waals surface area contributed by atoms with Gasteiger partial charge in [-0.25, -0.2) is 4.79 Å². The topological polar surface area (TPSA) is 74.0 Å². The normalized spacial score (nSPS) is 15.5. The molecule has 0 radical (unpaired) electrons. The van der Waals surface area contributed by atoms with E-state index in [4.69, 9.17) is 9.52 Å². The molecule has 0 aliphatic carbocycles. The smallest absolute Gasteiger partial charge is 0.320 e. The van der Waals surface area contributed by atoms with Crippen molar-refractivity contribution in [3.8, 4) is 0 Å². The summed E-state index contributed by atoms with van der Waals surface area (Å²) in [5.41, 5.74) is 0.913. The standard InChI is InChI=1S/C11H14N2O4/c1-12(4-8-2-3-17-7-8)11(16)13-5-9(6-13)10(14)15/h2-3,7,9H,4-6H2,1H3,(H,14,15). The van der Waals surface area contributed by atoms with Gasteiger partial charge in [-0.05, 0) is 6.07 Å². The summed E-state index contributed by atoms with van der Waals surface area (Å²) in [6.45, 7) is 1.05. The Bertz CT molecular complexity index is 409. The van der Waals surface area contributed by atoms with E-state index in [0.717, 1.165) is 5.56 Å². The number of aliphatic carboxylic acids is 1. The second-order valence-electron chi connectivity index (χ2n) is 4.21. The van der Waals surface area contributed by atoms with Crippen molar-refractivity contribution in [1.82, 2.24) is 9.80 Å². The van der Waals surface area contributed by atoms with Gasteiger partial charge in [0.25, 0.3) is 0 Å². The Labute approximate surface area is 98.4 Å². The van der Waals surface area contributed by atoms with Crippen LogP contribution < -0.4 is 0 Å². The average molecular weight is 238 g/mol. The fourth-order valence-corrected chi connectivity index (χ4v) is 1.76. The van der Waals surface area contributed by atoms with E-state index in [9.17, 15) is 9.59 Å². The average Bonchev–Trinajstić information content (AvgIpc) is 2.67. The van der Waals surface area contributed by atoms with E-state index >= 15 is 0 Å². The van der Waals surface area contributed by atoms with Crippen molar-refractivity contribution in [3.63, 3.8) is 0 Å². The molecular weight excluding hydrogens is 224 g/mol. The predicted octanol–water partition coefficient (Wildman–Crippen LogP) is 0.848. The van der Waals surface area contributed by atoms with E-state index < -0.39 is 11.9 Å². The van der Waals surface area contributed by atoms with Crippen molar-refractivity contribution in [2.24, 2.45) is 5.92 Å². The molecule has 17 heavy (non-hydrogen) atoms. The molecule has 1 aliphatic heterocycles. The van der Waals surface area contributed by atoms with Gasteiger partial charge in [-0.3, -0.25) is 4.79 Å². The second kappa shape index (κ2) is 4.48. The summed E-state index contributed by atoms with van der Waals surface area (Å²) in [5, 5.41) is 8.71. The number of carbonyl (C=O) groups excluding carboxylic acids is 1. The van der Waals surface area contributed by atoms with E-state index in [0.29, 0.717) is 19.6 Å². The van der Waals surface area contributed by atoms with Gasteiger partial charge in [0, 0.05) is 25.7 Å². The largest absolute Gasteiger partial charge is 0.481 e. The van der Waals surface area contributed by atoms with Crippen LogP contribution in [0.25, 0.3) is 0 Å². The van der Waals surface area contributed by atoms with Crippen LogP contribution >= 0.6 is 0 Å². The van der Waals surface area contributed by atoms with Gasteiger partial charge in [0.15, 0.2) is 0 Å². The Hall–Kier alpha value is -1.98. The fourth-order valence-electron chi connectivity index (χ4n) is 1.76. The third kappa shape index (κ3) is 2.41. The van der Waals surface area contributed by atoms with Crippen LogP contribution in [0.1, 0.15) is 5.56 Å². The van der Waals surface area contributed by atoms with Gasteiger partial charge >= 0.3 is 12.0 Å². The Balaban J connectivity index is 1.83. The van der Waals surface area contributed by atoms with Crippen LogP contribution in [0.2, 0.25) is 0 Å². The summed E-state index contributed by atoms with van der Waals surface area (Å²) in [4.78, 5) is 25.5. The van der Waals surface area contributed by atoms with Crippen LogP contribution in [0.15, 0.2) is 23.0 Å². The Morgan fingerprint density at radius 3 is 2.82 bits per heavy atom. The molecule has 0 unspecified atom stereocenters. The SMILES string of the molecule is CN(Cc1ccoc1)C(=O)N1CC(C(=O)O)C1. The highest BCUT2D eigenvalue weighted by atomic mass is 16.4. The molecule has 6 heteroatoms.